The molecular formula is C17H13N3O2S. The molecular weight excluding hydrogens is 310 g/mol. The summed E-state index contributed by atoms with van der Waals surface area (Å²) in [7, 11) is 0. The molecule has 0 saturated heterocycles. The van der Waals surface area contributed by atoms with Crippen molar-refractivity contribution in [3.8, 4) is 17.1 Å². The van der Waals surface area contributed by atoms with Crippen molar-refractivity contribution in [3.63, 3.8) is 0 Å². The number of rotatable bonds is 5. The van der Waals surface area contributed by atoms with Crippen LogP contribution >= 0.6 is 11.8 Å². The number of carbonyl (C=O) groups is 1. The maximum absolute atomic E-state index is 11.8. The molecule has 6 heteroatoms. The number of carbonyl (C=O) groups excluding carboxylic acids is 1. The lowest BCUT2D eigenvalue weighted by Gasteiger charge is -2.04. The van der Waals surface area contributed by atoms with Crippen molar-refractivity contribution >= 4 is 17.7 Å². The second kappa shape index (κ2) is 7.51. The highest BCUT2D eigenvalue weighted by atomic mass is 32.2. The van der Waals surface area contributed by atoms with Gasteiger partial charge in [0.25, 0.3) is 0 Å². The third-order valence-corrected chi connectivity index (χ3v) is 3.69. The first-order chi connectivity index (χ1) is 11.3. The third-order valence-electron chi connectivity index (χ3n) is 2.85. The van der Waals surface area contributed by atoms with Crippen LogP contribution in [0.15, 0.2) is 72.1 Å². The Bertz CT molecular complexity index is 782. The van der Waals surface area contributed by atoms with Crippen LogP contribution in [-0.4, -0.2) is 26.7 Å². The van der Waals surface area contributed by atoms with Gasteiger partial charge in [-0.3, -0.25) is 9.78 Å². The number of para-hydroxylation sites is 1. The lowest BCUT2D eigenvalue weighted by molar-refractivity contribution is -0.131. The minimum atomic E-state index is -0.340. The SMILES string of the molecule is O=C(CSc1nccc(-c2ccccn2)n1)Oc1ccccc1. The summed E-state index contributed by atoms with van der Waals surface area (Å²) >= 11 is 1.23. The van der Waals surface area contributed by atoms with Crippen LogP contribution in [0.25, 0.3) is 11.4 Å². The quantitative estimate of drug-likeness (QED) is 0.311. The maximum atomic E-state index is 11.8. The van der Waals surface area contributed by atoms with Crippen molar-refractivity contribution < 1.29 is 9.53 Å². The van der Waals surface area contributed by atoms with E-state index in [0.29, 0.717) is 10.9 Å². The van der Waals surface area contributed by atoms with Gasteiger partial charge in [0.15, 0.2) is 5.16 Å². The van der Waals surface area contributed by atoms with Crippen molar-refractivity contribution in [2.75, 3.05) is 5.75 Å². The maximum Gasteiger partial charge on any atom is 0.321 e. The van der Waals surface area contributed by atoms with Gasteiger partial charge in [-0.1, -0.05) is 36.0 Å². The van der Waals surface area contributed by atoms with Crippen molar-refractivity contribution in [2.24, 2.45) is 0 Å². The van der Waals surface area contributed by atoms with E-state index in [4.69, 9.17) is 4.74 Å². The first-order valence-corrected chi connectivity index (χ1v) is 7.93. The minimum absolute atomic E-state index is 0.139. The molecule has 0 N–H and O–H groups in total. The van der Waals surface area contributed by atoms with Crippen LogP contribution in [0.1, 0.15) is 0 Å². The fraction of sp³-hybridized carbons (Fsp3) is 0.0588. The highest BCUT2D eigenvalue weighted by molar-refractivity contribution is 7.99. The molecule has 0 aliphatic heterocycles. The Labute approximate surface area is 137 Å². The zero-order chi connectivity index (χ0) is 15.9. The number of thioether (sulfide) groups is 1. The molecule has 0 radical (unpaired) electrons. The Morgan fingerprint density at radius 3 is 2.52 bits per heavy atom. The van der Waals surface area contributed by atoms with E-state index < -0.39 is 0 Å². The number of hydrogen-bond donors (Lipinski definition) is 0. The molecule has 0 spiro atoms. The normalized spacial score (nSPS) is 10.3. The van der Waals surface area contributed by atoms with Crippen LogP contribution in [0.5, 0.6) is 5.75 Å². The van der Waals surface area contributed by atoms with Crippen LogP contribution in [0.4, 0.5) is 0 Å². The molecule has 0 fully saturated rings. The number of benzene rings is 1. The van der Waals surface area contributed by atoms with E-state index in [1.807, 2.05) is 36.4 Å². The van der Waals surface area contributed by atoms with Crippen LogP contribution < -0.4 is 4.74 Å². The molecule has 1 aromatic carbocycles. The molecule has 0 aliphatic carbocycles. The topological polar surface area (TPSA) is 65.0 Å². The second-order valence-corrected chi connectivity index (χ2v) is 5.46. The van der Waals surface area contributed by atoms with Gasteiger partial charge in [-0.05, 0) is 30.3 Å². The molecule has 0 saturated carbocycles. The molecule has 114 valence electrons. The molecule has 2 aromatic heterocycles. The first-order valence-electron chi connectivity index (χ1n) is 6.94. The van der Waals surface area contributed by atoms with E-state index in [1.165, 1.54) is 11.8 Å². The number of hydrogen-bond acceptors (Lipinski definition) is 6. The largest absolute Gasteiger partial charge is 0.426 e. The number of esters is 1. The predicted molar refractivity (Wildman–Crippen MR) is 88.1 cm³/mol. The molecule has 23 heavy (non-hydrogen) atoms. The van der Waals surface area contributed by atoms with E-state index in [2.05, 4.69) is 15.0 Å². The zero-order valence-corrected chi connectivity index (χ0v) is 12.9. The number of ether oxygens (including phenoxy) is 1. The van der Waals surface area contributed by atoms with Gasteiger partial charge >= 0.3 is 5.97 Å². The monoisotopic (exact) mass is 323 g/mol. The molecule has 3 rings (SSSR count). The van der Waals surface area contributed by atoms with Crippen molar-refractivity contribution in [1.29, 1.82) is 0 Å². The van der Waals surface area contributed by atoms with Gasteiger partial charge in [0, 0.05) is 12.4 Å². The molecule has 0 bridgehead atoms. The van der Waals surface area contributed by atoms with Gasteiger partial charge in [0.1, 0.15) is 5.75 Å². The summed E-state index contributed by atoms with van der Waals surface area (Å²) in [5.74, 6) is 0.329. The van der Waals surface area contributed by atoms with E-state index in [0.717, 1.165) is 11.4 Å². The number of pyridine rings is 1. The van der Waals surface area contributed by atoms with Crippen LogP contribution in [0.2, 0.25) is 0 Å². The molecule has 0 unspecified atom stereocenters. The highest BCUT2D eigenvalue weighted by Gasteiger charge is 2.09. The summed E-state index contributed by atoms with van der Waals surface area (Å²) in [6.07, 6.45) is 3.36. The van der Waals surface area contributed by atoms with Gasteiger partial charge in [-0.2, -0.15) is 0 Å². The van der Waals surface area contributed by atoms with E-state index in [1.54, 1.807) is 30.6 Å². The van der Waals surface area contributed by atoms with Gasteiger partial charge in [-0.15, -0.1) is 0 Å². The van der Waals surface area contributed by atoms with Crippen LogP contribution in [-0.2, 0) is 4.79 Å². The fourth-order valence-corrected chi connectivity index (χ4v) is 2.44. The molecule has 2 heterocycles. The Hall–Kier alpha value is -2.73. The van der Waals surface area contributed by atoms with Crippen LogP contribution in [0, 0.1) is 0 Å². The summed E-state index contributed by atoms with van der Waals surface area (Å²) in [5.41, 5.74) is 1.49. The summed E-state index contributed by atoms with van der Waals surface area (Å²) in [6.45, 7) is 0. The third kappa shape index (κ3) is 4.37. The Morgan fingerprint density at radius 1 is 0.913 bits per heavy atom. The molecule has 3 aromatic rings. The minimum Gasteiger partial charge on any atom is -0.426 e. The second-order valence-electron chi connectivity index (χ2n) is 4.52. The summed E-state index contributed by atoms with van der Waals surface area (Å²) < 4.78 is 5.22. The molecule has 0 aliphatic rings. The Morgan fingerprint density at radius 2 is 1.74 bits per heavy atom. The fourth-order valence-electron chi connectivity index (χ4n) is 1.84. The average Bonchev–Trinajstić information content (AvgIpc) is 2.62. The number of nitrogens with zero attached hydrogens (tertiary/aromatic N) is 3. The van der Waals surface area contributed by atoms with Crippen molar-refractivity contribution in [1.82, 2.24) is 15.0 Å². The molecule has 5 nitrogen and oxygen atoms in total. The first kappa shape index (κ1) is 15.2. The van der Waals surface area contributed by atoms with E-state index in [-0.39, 0.29) is 11.7 Å². The zero-order valence-electron chi connectivity index (χ0n) is 12.1. The van der Waals surface area contributed by atoms with E-state index in [9.17, 15) is 4.79 Å². The van der Waals surface area contributed by atoms with Gasteiger partial charge in [0.05, 0.1) is 17.1 Å². The van der Waals surface area contributed by atoms with Gasteiger partial charge in [0.2, 0.25) is 0 Å². The lowest BCUT2D eigenvalue weighted by atomic mass is 10.3. The standard InChI is InChI=1S/C17H13N3O2S/c21-16(22-13-6-2-1-3-7-13)12-23-17-19-11-9-15(20-17)14-8-4-5-10-18-14/h1-11H,12H2. The van der Waals surface area contributed by atoms with E-state index >= 15 is 0 Å². The molecule has 0 amide bonds. The summed E-state index contributed by atoms with van der Waals surface area (Å²) in [5, 5.41) is 0.512. The van der Waals surface area contributed by atoms with Crippen LogP contribution in [0.3, 0.4) is 0 Å². The molecule has 0 atom stereocenters. The average molecular weight is 323 g/mol. The van der Waals surface area contributed by atoms with Gasteiger partial charge in [-0.25, -0.2) is 9.97 Å². The Kier molecular flexibility index (Phi) is 4.95. The number of aromatic nitrogens is 3. The highest BCUT2D eigenvalue weighted by Crippen LogP contribution is 2.19. The summed E-state index contributed by atoms with van der Waals surface area (Å²) in [4.78, 5) is 24.6. The van der Waals surface area contributed by atoms with Gasteiger partial charge < -0.3 is 4.74 Å². The smallest absolute Gasteiger partial charge is 0.321 e. The van der Waals surface area contributed by atoms with Crippen molar-refractivity contribution in [2.45, 2.75) is 5.16 Å². The predicted octanol–water partition coefficient (Wildman–Crippen LogP) is 3.24. The lowest BCUT2D eigenvalue weighted by Crippen LogP contribution is -2.11. The summed E-state index contributed by atoms with van der Waals surface area (Å²) in [6, 6.07) is 16.4. The Balaban J connectivity index is 1.61. The van der Waals surface area contributed by atoms with Crippen molar-refractivity contribution in [3.05, 3.63) is 67.0 Å².